The van der Waals surface area contributed by atoms with Crippen LogP contribution in [0.25, 0.3) is 0 Å². The zero-order valence-electron chi connectivity index (χ0n) is 16.0. The summed E-state index contributed by atoms with van der Waals surface area (Å²) in [5.74, 6) is 2.29. The van der Waals surface area contributed by atoms with Crippen LogP contribution in [0.15, 0.2) is 22.8 Å². The van der Waals surface area contributed by atoms with Crippen molar-refractivity contribution >= 4 is 11.7 Å². The summed E-state index contributed by atoms with van der Waals surface area (Å²) < 4.78 is 5.25. The Hall–Kier alpha value is -1.58. The highest BCUT2D eigenvalue weighted by atomic mass is 16.3. The zero-order chi connectivity index (χ0) is 18.2. The first kappa shape index (κ1) is 19.2. The lowest BCUT2D eigenvalue weighted by atomic mass is 9.78. The fourth-order valence-electron chi connectivity index (χ4n) is 4.70. The summed E-state index contributed by atoms with van der Waals surface area (Å²) in [5.41, 5.74) is 0. The van der Waals surface area contributed by atoms with Crippen LogP contribution >= 0.6 is 0 Å². The van der Waals surface area contributed by atoms with Gasteiger partial charge in [0.2, 0.25) is 5.91 Å². The third-order valence-electron chi connectivity index (χ3n) is 6.14. The third-order valence-corrected chi connectivity index (χ3v) is 6.14. The van der Waals surface area contributed by atoms with E-state index in [0.717, 1.165) is 37.5 Å². The van der Waals surface area contributed by atoms with Crippen molar-refractivity contribution < 1.29 is 14.0 Å². The normalized spacial score (nSPS) is 22.8. The molecule has 2 fully saturated rings. The van der Waals surface area contributed by atoms with E-state index in [1.165, 1.54) is 38.5 Å². The number of carbonyl (C=O) groups excluding carboxylic acids is 2. The lowest BCUT2D eigenvalue weighted by Crippen LogP contribution is -2.49. The van der Waals surface area contributed by atoms with Crippen LogP contribution in [0.4, 0.5) is 0 Å². The van der Waals surface area contributed by atoms with Crippen LogP contribution in [0, 0.1) is 5.92 Å². The molecule has 2 aliphatic rings. The quantitative estimate of drug-likeness (QED) is 0.588. The third kappa shape index (κ3) is 5.46. The Bertz CT molecular complexity index is 564. The predicted molar refractivity (Wildman–Crippen MR) is 102 cm³/mol. The maximum Gasteiger partial charge on any atom is 0.222 e. The molecule has 1 amide bonds. The Labute approximate surface area is 157 Å². The van der Waals surface area contributed by atoms with E-state index in [-0.39, 0.29) is 0 Å². The van der Waals surface area contributed by atoms with Gasteiger partial charge in [-0.25, -0.2) is 0 Å². The van der Waals surface area contributed by atoms with Crippen LogP contribution in [0.2, 0.25) is 0 Å². The van der Waals surface area contributed by atoms with Crippen LogP contribution in [0.5, 0.6) is 0 Å². The maximum absolute atomic E-state index is 12.6. The minimum Gasteiger partial charge on any atom is -0.469 e. The number of rotatable bonds is 9. The number of ketones is 1. The molecule has 0 N–H and O–H groups in total. The molecule has 1 saturated heterocycles. The van der Waals surface area contributed by atoms with E-state index in [2.05, 4.69) is 4.90 Å². The molecule has 144 valence electrons. The van der Waals surface area contributed by atoms with Gasteiger partial charge in [-0.05, 0) is 56.6 Å². The lowest BCUT2D eigenvalue weighted by molar-refractivity contribution is -0.137. The Morgan fingerprint density at radius 1 is 1.00 bits per heavy atom. The monoisotopic (exact) mass is 359 g/mol. The minimum absolute atomic E-state index is 0.300. The molecule has 2 atom stereocenters. The molecule has 26 heavy (non-hydrogen) atoms. The molecule has 3 rings (SSSR count). The number of likely N-dealkylation sites (tertiary alicyclic amines) is 1. The van der Waals surface area contributed by atoms with Gasteiger partial charge in [0.15, 0.2) is 0 Å². The fraction of sp³-hybridized carbons (Fsp3) is 0.727. The van der Waals surface area contributed by atoms with Crippen LogP contribution in [-0.4, -0.2) is 29.2 Å². The number of Topliss-reactive ketones (excluding diaryl/α,β-unsaturated/α-hetero) is 1. The number of furan rings is 1. The number of carbonyl (C=O) groups is 2. The van der Waals surface area contributed by atoms with Gasteiger partial charge < -0.3 is 9.32 Å². The van der Waals surface area contributed by atoms with Gasteiger partial charge in [0.05, 0.1) is 6.26 Å². The molecular weight excluding hydrogens is 326 g/mol. The van der Waals surface area contributed by atoms with E-state index in [1.54, 1.807) is 6.26 Å². The zero-order valence-corrected chi connectivity index (χ0v) is 16.0. The molecule has 0 spiro atoms. The molecule has 1 saturated carbocycles. The van der Waals surface area contributed by atoms with Crippen LogP contribution in [-0.2, 0) is 16.0 Å². The first-order valence-electron chi connectivity index (χ1n) is 10.6. The van der Waals surface area contributed by atoms with E-state index >= 15 is 0 Å². The van der Waals surface area contributed by atoms with Gasteiger partial charge in [0.25, 0.3) is 0 Å². The van der Waals surface area contributed by atoms with E-state index in [9.17, 15) is 9.59 Å². The lowest BCUT2D eigenvalue weighted by Gasteiger charge is -2.44. The average Bonchev–Trinajstić information content (AvgIpc) is 3.19. The second-order valence-electron chi connectivity index (χ2n) is 8.02. The molecule has 2 unspecified atom stereocenters. The first-order valence-corrected chi connectivity index (χ1v) is 10.6. The Kier molecular flexibility index (Phi) is 7.33. The van der Waals surface area contributed by atoms with Gasteiger partial charge in [0.1, 0.15) is 11.5 Å². The minimum atomic E-state index is 0.300. The Balaban J connectivity index is 1.28. The Morgan fingerprint density at radius 3 is 2.65 bits per heavy atom. The summed E-state index contributed by atoms with van der Waals surface area (Å²) in [6, 6.07) is 4.29. The highest BCUT2D eigenvalue weighted by molar-refractivity contribution is 5.78. The number of unbranched alkanes of at least 4 members (excludes halogenated alkanes) is 2. The van der Waals surface area contributed by atoms with Gasteiger partial charge in [-0.1, -0.05) is 19.3 Å². The van der Waals surface area contributed by atoms with E-state index in [1.807, 2.05) is 12.1 Å². The summed E-state index contributed by atoms with van der Waals surface area (Å²) in [5, 5.41) is 0. The number of fused-ring (bicyclic) bond motifs is 1. The molecule has 0 aromatic carbocycles. The highest BCUT2D eigenvalue weighted by Gasteiger charge is 2.35. The number of nitrogens with zero attached hydrogens (tertiary/aromatic N) is 1. The van der Waals surface area contributed by atoms with Crippen LogP contribution in [0.1, 0.15) is 82.8 Å². The van der Waals surface area contributed by atoms with Crippen molar-refractivity contribution in [2.75, 3.05) is 6.54 Å². The summed E-state index contributed by atoms with van der Waals surface area (Å²) in [7, 11) is 0. The van der Waals surface area contributed by atoms with Gasteiger partial charge in [-0.2, -0.15) is 0 Å². The van der Waals surface area contributed by atoms with Gasteiger partial charge in [-0.15, -0.1) is 0 Å². The van der Waals surface area contributed by atoms with E-state index < -0.39 is 0 Å². The van der Waals surface area contributed by atoms with Crippen molar-refractivity contribution in [2.24, 2.45) is 5.92 Å². The SMILES string of the molecule is O=C(CCCCCC(=O)N1CCCC2CCCCC21)CCc1ccco1. The van der Waals surface area contributed by atoms with Gasteiger partial charge in [0, 0.05) is 38.3 Å². The predicted octanol–water partition coefficient (Wildman–Crippen LogP) is 4.91. The number of aryl methyl sites for hydroxylation is 1. The Morgan fingerprint density at radius 2 is 1.81 bits per heavy atom. The van der Waals surface area contributed by atoms with Crippen molar-refractivity contribution in [1.82, 2.24) is 4.90 Å². The van der Waals surface area contributed by atoms with Crippen molar-refractivity contribution in [2.45, 2.75) is 89.5 Å². The molecule has 0 bridgehead atoms. The summed E-state index contributed by atoms with van der Waals surface area (Å²) >= 11 is 0. The average molecular weight is 360 g/mol. The van der Waals surface area contributed by atoms with Gasteiger partial charge >= 0.3 is 0 Å². The largest absolute Gasteiger partial charge is 0.469 e. The topological polar surface area (TPSA) is 50.5 Å². The van der Waals surface area contributed by atoms with Crippen molar-refractivity contribution in [3.63, 3.8) is 0 Å². The number of amides is 1. The van der Waals surface area contributed by atoms with Crippen molar-refractivity contribution in [3.05, 3.63) is 24.2 Å². The standard InChI is InChI=1S/C22H33NO3/c24-19(14-15-20-11-7-17-26-20)10-2-1-3-13-22(25)23-16-6-9-18-8-4-5-12-21(18)23/h7,11,17-18,21H,1-6,8-10,12-16H2. The van der Waals surface area contributed by atoms with E-state index in [4.69, 9.17) is 4.42 Å². The molecule has 1 aromatic heterocycles. The smallest absolute Gasteiger partial charge is 0.222 e. The van der Waals surface area contributed by atoms with E-state index in [0.29, 0.717) is 43.4 Å². The summed E-state index contributed by atoms with van der Waals surface area (Å²) in [4.78, 5) is 26.8. The molecule has 0 radical (unpaired) electrons. The fourth-order valence-corrected chi connectivity index (χ4v) is 4.70. The van der Waals surface area contributed by atoms with Gasteiger partial charge in [-0.3, -0.25) is 9.59 Å². The molecule has 1 aliphatic heterocycles. The second-order valence-corrected chi connectivity index (χ2v) is 8.02. The molecule has 2 heterocycles. The maximum atomic E-state index is 12.6. The van der Waals surface area contributed by atoms with Crippen molar-refractivity contribution in [3.8, 4) is 0 Å². The molecule has 4 heteroatoms. The second kappa shape index (κ2) is 9.94. The van der Waals surface area contributed by atoms with Crippen LogP contribution in [0.3, 0.4) is 0 Å². The summed E-state index contributed by atoms with van der Waals surface area (Å²) in [6.07, 6.45) is 14.6. The van der Waals surface area contributed by atoms with Crippen molar-refractivity contribution in [1.29, 1.82) is 0 Å². The highest BCUT2D eigenvalue weighted by Crippen LogP contribution is 2.35. The molecule has 1 aromatic rings. The van der Waals surface area contributed by atoms with Crippen LogP contribution < -0.4 is 0 Å². The molecule has 1 aliphatic carbocycles. The summed E-state index contributed by atoms with van der Waals surface area (Å²) in [6.45, 7) is 0.964. The first-order chi connectivity index (χ1) is 12.7. The number of hydrogen-bond donors (Lipinski definition) is 0. The number of piperidine rings is 1. The number of hydrogen-bond acceptors (Lipinski definition) is 3. The molecular formula is C22H33NO3. The molecule has 4 nitrogen and oxygen atoms in total.